The van der Waals surface area contributed by atoms with E-state index in [1.165, 1.54) is 5.56 Å². The zero-order valence-electron chi connectivity index (χ0n) is 20.5. The van der Waals surface area contributed by atoms with Crippen LogP contribution in [-0.2, 0) is 17.7 Å². The first-order valence-electron chi connectivity index (χ1n) is 12.1. The molecule has 0 aliphatic carbocycles. The van der Waals surface area contributed by atoms with Gasteiger partial charge in [-0.25, -0.2) is 19.7 Å². The molecule has 1 fully saturated rings. The Labute approximate surface area is 209 Å². The van der Waals surface area contributed by atoms with Gasteiger partial charge in [-0.2, -0.15) is 4.98 Å². The molecule has 4 heterocycles. The summed E-state index contributed by atoms with van der Waals surface area (Å²) in [5.74, 6) is 2.44. The molecule has 0 saturated carbocycles. The van der Waals surface area contributed by atoms with Crippen molar-refractivity contribution in [3.05, 3.63) is 47.8 Å². The number of carbonyl (C=O) groups is 1. The van der Waals surface area contributed by atoms with E-state index in [1.807, 2.05) is 37.3 Å². The summed E-state index contributed by atoms with van der Waals surface area (Å²) in [6.45, 7) is 6.81. The number of morpholine rings is 1. The molecule has 3 aromatic rings. The first kappa shape index (κ1) is 23.7. The average Bonchev–Trinajstić information content (AvgIpc) is 2.93. The van der Waals surface area contributed by atoms with Gasteiger partial charge in [0.1, 0.15) is 11.6 Å². The maximum absolute atomic E-state index is 11.9. The van der Waals surface area contributed by atoms with Crippen molar-refractivity contribution in [1.29, 1.82) is 0 Å². The first-order valence-corrected chi connectivity index (χ1v) is 12.1. The second-order valence-electron chi connectivity index (χ2n) is 8.53. The van der Waals surface area contributed by atoms with Gasteiger partial charge in [-0.3, -0.25) is 0 Å². The number of aromatic nitrogens is 4. The molecule has 0 spiro atoms. The number of amides is 2. The van der Waals surface area contributed by atoms with Crippen LogP contribution >= 0.6 is 0 Å². The van der Waals surface area contributed by atoms with Crippen LogP contribution in [0.1, 0.15) is 18.2 Å². The Kier molecular flexibility index (Phi) is 7.08. The zero-order valence-corrected chi connectivity index (χ0v) is 20.5. The van der Waals surface area contributed by atoms with E-state index in [4.69, 9.17) is 19.4 Å². The minimum atomic E-state index is -0.230. The Balaban J connectivity index is 1.47. The Morgan fingerprint density at radius 2 is 1.86 bits per heavy atom. The maximum Gasteiger partial charge on any atom is 0.319 e. The fourth-order valence-corrected chi connectivity index (χ4v) is 4.42. The topological polar surface area (TPSA) is 118 Å². The standard InChI is InChI=1S/C25H30N8O3/c1-3-26-24(34)28-18-6-4-17(5-7-18)22-29-20-16-33(21-8-10-27-25(30-21)35-2)11-9-19(20)23(31-22)32-12-14-36-15-13-32/h4-8,10H,3,9,11-16H2,1-2H3,(H2,26,28,34). The molecule has 2 aromatic heterocycles. The van der Waals surface area contributed by atoms with Gasteiger partial charge < -0.3 is 29.9 Å². The number of methoxy groups -OCH3 is 1. The van der Waals surface area contributed by atoms with Crippen molar-refractivity contribution in [3.63, 3.8) is 0 Å². The van der Waals surface area contributed by atoms with Crippen LogP contribution in [0.5, 0.6) is 6.01 Å². The lowest BCUT2D eigenvalue weighted by Gasteiger charge is -2.34. The third-order valence-corrected chi connectivity index (χ3v) is 6.22. The quantitative estimate of drug-likeness (QED) is 0.537. The lowest BCUT2D eigenvalue weighted by molar-refractivity contribution is 0.122. The average molecular weight is 491 g/mol. The molecule has 2 amide bonds. The number of rotatable bonds is 6. The van der Waals surface area contributed by atoms with Crippen LogP contribution in [-0.4, -0.2) is 72.5 Å². The van der Waals surface area contributed by atoms with Crippen molar-refractivity contribution in [2.75, 3.05) is 61.6 Å². The van der Waals surface area contributed by atoms with Crippen LogP contribution in [0.4, 0.5) is 22.1 Å². The highest BCUT2D eigenvalue weighted by Gasteiger charge is 2.27. The van der Waals surface area contributed by atoms with E-state index in [1.54, 1.807) is 13.3 Å². The number of anilines is 3. The number of hydrogen-bond donors (Lipinski definition) is 2. The molecule has 36 heavy (non-hydrogen) atoms. The number of nitrogens with zero attached hydrogens (tertiary/aromatic N) is 6. The summed E-state index contributed by atoms with van der Waals surface area (Å²) in [6, 6.07) is 9.59. The van der Waals surface area contributed by atoms with E-state index in [0.29, 0.717) is 43.8 Å². The zero-order chi connectivity index (χ0) is 24.9. The highest BCUT2D eigenvalue weighted by Crippen LogP contribution is 2.32. The number of fused-ring (bicyclic) bond motifs is 1. The van der Waals surface area contributed by atoms with Crippen molar-refractivity contribution in [2.45, 2.75) is 19.9 Å². The molecule has 2 aliphatic rings. The summed E-state index contributed by atoms with van der Waals surface area (Å²) in [5, 5.41) is 5.56. The normalized spacial score (nSPS) is 15.3. The van der Waals surface area contributed by atoms with Gasteiger partial charge in [0.05, 0.1) is 32.6 Å². The van der Waals surface area contributed by atoms with Gasteiger partial charge in [-0.1, -0.05) is 0 Å². The molecule has 5 rings (SSSR count). The molecule has 1 aromatic carbocycles. The van der Waals surface area contributed by atoms with Crippen molar-refractivity contribution in [1.82, 2.24) is 25.3 Å². The predicted octanol–water partition coefficient (Wildman–Crippen LogP) is 2.48. The van der Waals surface area contributed by atoms with Gasteiger partial charge in [0, 0.05) is 49.2 Å². The summed E-state index contributed by atoms with van der Waals surface area (Å²) in [6.07, 6.45) is 2.52. The highest BCUT2D eigenvalue weighted by molar-refractivity contribution is 5.89. The van der Waals surface area contributed by atoms with Gasteiger partial charge in [0.25, 0.3) is 0 Å². The Hall–Kier alpha value is -3.99. The minimum absolute atomic E-state index is 0.230. The molecule has 188 valence electrons. The van der Waals surface area contributed by atoms with E-state index in [-0.39, 0.29) is 6.03 Å². The summed E-state index contributed by atoms with van der Waals surface area (Å²) < 4.78 is 10.8. The SMILES string of the molecule is CCNC(=O)Nc1ccc(-c2nc3c(c(N4CCOCC4)n2)CCN(c2ccnc(OC)n2)C3)cc1. The first-order chi connectivity index (χ1) is 17.6. The predicted molar refractivity (Wildman–Crippen MR) is 137 cm³/mol. The van der Waals surface area contributed by atoms with Crippen molar-refractivity contribution >= 4 is 23.4 Å². The summed E-state index contributed by atoms with van der Waals surface area (Å²) in [4.78, 5) is 35.0. The number of carbonyl (C=O) groups excluding carboxylic acids is 1. The van der Waals surface area contributed by atoms with Gasteiger partial charge in [-0.15, -0.1) is 0 Å². The molecule has 2 aliphatic heterocycles. The van der Waals surface area contributed by atoms with Crippen LogP contribution in [0.3, 0.4) is 0 Å². The monoisotopic (exact) mass is 490 g/mol. The van der Waals surface area contributed by atoms with Gasteiger partial charge in [0.2, 0.25) is 0 Å². The Morgan fingerprint density at radius 3 is 2.61 bits per heavy atom. The number of nitrogens with one attached hydrogen (secondary N) is 2. The second-order valence-corrected chi connectivity index (χ2v) is 8.53. The smallest absolute Gasteiger partial charge is 0.319 e. The van der Waals surface area contributed by atoms with Crippen LogP contribution in [0, 0.1) is 0 Å². The molecule has 2 N–H and O–H groups in total. The van der Waals surface area contributed by atoms with Gasteiger partial charge >= 0.3 is 12.0 Å². The molecule has 0 atom stereocenters. The lowest BCUT2D eigenvalue weighted by atomic mass is 10.0. The molecule has 11 heteroatoms. The molecule has 0 radical (unpaired) electrons. The minimum Gasteiger partial charge on any atom is -0.467 e. The van der Waals surface area contributed by atoms with E-state index in [2.05, 4.69) is 30.4 Å². The molecular weight excluding hydrogens is 460 g/mol. The summed E-state index contributed by atoms with van der Waals surface area (Å²) in [5.41, 5.74) is 3.75. The molecule has 1 saturated heterocycles. The lowest BCUT2D eigenvalue weighted by Crippen LogP contribution is -2.39. The van der Waals surface area contributed by atoms with Crippen molar-refractivity contribution in [2.24, 2.45) is 0 Å². The van der Waals surface area contributed by atoms with Gasteiger partial charge in [-0.05, 0) is 43.7 Å². The third-order valence-electron chi connectivity index (χ3n) is 6.22. The number of urea groups is 1. The van der Waals surface area contributed by atoms with Crippen LogP contribution in [0.25, 0.3) is 11.4 Å². The highest BCUT2D eigenvalue weighted by atomic mass is 16.5. The Bertz CT molecular complexity index is 1210. The van der Waals surface area contributed by atoms with Gasteiger partial charge in [0.15, 0.2) is 5.82 Å². The number of ether oxygens (including phenoxy) is 2. The third kappa shape index (κ3) is 5.15. The largest absolute Gasteiger partial charge is 0.467 e. The van der Waals surface area contributed by atoms with E-state index >= 15 is 0 Å². The number of hydrogen-bond acceptors (Lipinski definition) is 9. The van der Waals surface area contributed by atoms with E-state index in [0.717, 1.165) is 48.9 Å². The fraction of sp³-hybridized carbons (Fsp3) is 0.400. The van der Waals surface area contributed by atoms with E-state index in [9.17, 15) is 4.79 Å². The van der Waals surface area contributed by atoms with Crippen LogP contribution in [0.15, 0.2) is 36.5 Å². The van der Waals surface area contributed by atoms with E-state index < -0.39 is 0 Å². The maximum atomic E-state index is 11.9. The van der Waals surface area contributed by atoms with Crippen LogP contribution < -0.4 is 25.2 Å². The Morgan fingerprint density at radius 1 is 1.06 bits per heavy atom. The van der Waals surface area contributed by atoms with Crippen LogP contribution in [0.2, 0.25) is 0 Å². The second kappa shape index (κ2) is 10.7. The summed E-state index contributed by atoms with van der Waals surface area (Å²) >= 11 is 0. The van der Waals surface area contributed by atoms with Crippen molar-refractivity contribution < 1.29 is 14.3 Å². The fourth-order valence-electron chi connectivity index (χ4n) is 4.42. The number of benzene rings is 1. The molecular formula is C25H30N8O3. The molecule has 0 bridgehead atoms. The molecule has 11 nitrogen and oxygen atoms in total. The summed E-state index contributed by atoms with van der Waals surface area (Å²) in [7, 11) is 1.57. The van der Waals surface area contributed by atoms with Crippen molar-refractivity contribution in [3.8, 4) is 17.4 Å². The molecule has 0 unspecified atom stereocenters.